The number of benzene rings is 2. The van der Waals surface area contributed by atoms with E-state index >= 15 is 0 Å². The Labute approximate surface area is 163 Å². The first-order valence-electron chi connectivity index (χ1n) is 8.90. The summed E-state index contributed by atoms with van der Waals surface area (Å²) in [4.78, 5) is 22.6. The van der Waals surface area contributed by atoms with Gasteiger partial charge in [-0.15, -0.1) is 0 Å². The smallest absolute Gasteiger partial charge is 0.274 e. The first-order chi connectivity index (χ1) is 13.5. The largest absolute Gasteiger partial charge is 0.378 e. The van der Waals surface area contributed by atoms with Crippen LogP contribution in [0.2, 0.25) is 0 Å². The summed E-state index contributed by atoms with van der Waals surface area (Å²) < 4.78 is 12.9. The molecule has 0 bridgehead atoms. The normalized spacial score (nSPS) is 10.4. The van der Waals surface area contributed by atoms with E-state index in [4.69, 9.17) is 0 Å². The summed E-state index contributed by atoms with van der Waals surface area (Å²) in [6.07, 6.45) is 2.06. The standard InChI is InChI=1S/C21H22FN5O/c1-27(2)18-9-7-17(8-10-18)26-21(28)19-13-20(25-14-24-19)23-12-11-15-3-5-16(22)6-4-15/h3-10,13-14H,11-12H2,1-2H3,(H,26,28)(H,23,24,25). The third-order valence-electron chi connectivity index (χ3n) is 4.17. The lowest BCUT2D eigenvalue weighted by Gasteiger charge is -2.13. The number of carbonyl (C=O) groups is 1. The van der Waals surface area contributed by atoms with E-state index in [2.05, 4.69) is 20.6 Å². The van der Waals surface area contributed by atoms with Crippen LogP contribution in [0.3, 0.4) is 0 Å². The predicted molar refractivity (Wildman–Crippen MR) is 109 cm³/mol. The number of hydrogen-bond donors (Lipinski definition) is 2. The SMILES string of the molecule is CN(C)c1ccc(NC(=O)c2cc(NCCc3ccc(F)cc3)ncn2)cc1. The molecule has 7 heteroatoms. The Morgan fingerprint density at radius 3 is 2.43 bits per heavy atom. The fourth-order valence-corrected chi connectivity index (χ4v) is 2.60. The van der Waals surface area contributed by atoms with Gasteiger partial charge in [-0.1, -0.05) is 12.1 Å². The van der Waals surface area contributed by atoms with Gasteiger partial charge >= 0.3 is 0 Å². The quantitative estimate of drug-likeness (QED) is 0.657. The highest BCUT2D eigenvalue weighted by Gasteiger charge is 2.09. The van der Waals surface area contributed by atoms with E-state index in [0.717, 1.165) is 11.3 Å². The fraction of sp³-hybridized carbons (Fsp3) is 0.190. The van der Waals surface area contributed by atoms with E-state index in [9.17, 15) is 9.18 Å². The molecule has 28 heavy (non-hydrogen) atoms. The number of anilines is 3. The van der Waals surface area contributed by atoms with Gasteiger partial charge in [0.15, 0.2) is 0 Å². The highest BCUT2D eigenvalue weighted by Crippen LogP contribution is 2.16. The van der Waals surface area contributed by atoms with Gasteiger partial charge in [-0.3, -0.25) is 4.79 Å². The molecule has 0 aliphatic heterocycles. The zero-order valence-electron chi connectivity index (χ0n) is 15.8. The van der Waals surface area contributed by atoms with Crippen LogP contribution in [0.25, 0.3) is 0 Å². The molecule has 3 rings (SSSR count). The van der Waals surface area contributed by atoms with E-state index < -0.39 is 0 Å². The molecule has 2 aromatic carbocycles. The summed E-state index contributed by atoms with van der Waals surface area (Å²) in [5.41, 5.74) is 3.03. The van der Waals surface area contributed by atoms with Crippen molar-refractivity contribution < 1.29 is 9.18 Å². The van der Waals surface area contributed by atoms with Crippen molar-refractivity contribution in [2.45, 2.75) is 6.42 Å². The van der Waals surface area contributed by atoms with Crippen LogP contribution in [0.4, 0.5) is 21.6 Å². The van der Waals surface area contributed by atoms with Crippen LogP contribution in [0.15, 0.2) is 60.9 Å². The molecule has 0 aliphatic carbocycles. The van der Waals surface area contributed by atoms with E-state index in [0.29, 0.717) is 24.5 Å². The Morgan fingerprint density at radius 2 is 1.75 bits per heavy atom. The van der Waals surface area contributed by atoms with Crippen molar-refractivity contribution in [1.82, 2.24) is 9.97 Å². The molecule has 0 atom stereocenters. The summed E-state index contributed by atoms with van der Waals surface area (Å²) in [7, 11) is 3.91. The number of halogens is 1. The van der Waals surface area contributed by atoms with Crippen molar-refractivity contribution in [2.75, 3.05) is 36.2 Å². The third-order valence-corrected chi connectivity index (χ3v) is 4.17. The summed E-state index contributed by atoms with van der Waals surface area (Å²) in [6.45, 7) is 0.607. The Bertz CT molecular complexity index is 926. The van der Waals surface area contributed by atoms with Gasteiger partial charge in [0, 0.05) is 38.1 Å². The van der Waals surface area contributed by atoms with Crippen LogP contribution in [-0.4, -0.2) is 36.5 Å². The second-order valence-electron chi connectivity index (χ2n) is 6.49. The molecule has 0 saturated heterocycles. The van der Waals surface area contributed by atoms with Crippen molar-refractivity contribution in [3.63, 3.8) is 0 Å². The number of nitrogens with zero attached hydrogens (tertiary/aromatic N) is 3. The maximum atomic E-state index is 12.9. The van der Waals surface area contributed by atoms with E-state index in [1.807, 2.05) is 43.3 Å². The molecule has 0 spiro atoms. The van der Waals surface area contributed by atoms with Gasteiger partial charge in [-0.05, 0) is 48.4 Å². The van der Waals surface area contributed by atoms with E-state index in [-0.39, 0.29) is 17.4 Å². The minimum Gasteiger partial charge on any atom is -0.378 e. The van der Waals surface area contributed by atoms with Crippen molar-refractivity contribution in [2.24, 2.45) is 0 Å². The summed E-state index contributed by atoms with van der Waals surface area (Å²) in [6, 6.07) is 15.5. The van der Waals surface area contributed by atoms with Gasteiger partial charge in [0.2, 0.25) is 0 Å². The molecule has 1 amide bonds. The first-order valence-corrected chi connectivity index (χ1v) is 8.90. The van der Waals surface area contributed by atoms with Gasteiger partial charge < -0.3 is 15.5 Å². The molecule has 0 saturated carbocycles. The maximum absolute atomic E-state index is 12.9. The van der Waals surface area contributed by atoms with Crippen LogP contribution < -0.4 is 15.5 Å². The second kappa shape index (κ2) is 8.94. The second-order valence-corrected chi connectivity index (χ2v) is 6.49. The van der Waals surface area contributed by atoms with Crippen LogP contribution in [-0.2, 0) is 6.42 Å². The van der Waals surface area contributed by atoms with Crippen LogP contribution in [0.5, 0.6) is 0 Å². The molecule has 1 heterocycles. The molecular formula is C21H22FN5O. The summed E-state index contributed by atoms with van der Waals surface area (Å²) in [5.74, 6) is 0.00585. The molecule has 6 nitrogen and oxygen atoms in total. The average Bonchev–Trinajstić information content (AvgIpc) is 2.70. The lowest BCUT2D eigenvalue weighted by atomic mass is 10.1. The number of amides is 1. The van der Waals surface area contributed by atoms with Crippen LogP contribution in [0.1, 0.15) is 16.1 Å². The Morgan fingerprint density at radius 1 is 1.04 bits per heavy atom. The number of carbonyl (C=O) groups excluding carboxylic acids is 1. The number of aromatic nitrogens is 2. The molecule has 2 N–H and O–H groups in total. The predicted octanol–water partition coefficient (Wildman–Crippen LogP) is 3.59. The molecular weight excluding hydrogens is 357 g/mol. The van der Waals surface area contributed by atoms with Crippen molar-refractivity contribution in [1.29, 1.82) is 0 Å². The molecule has 3 aromatic rings. The lowest BCUT2D eigenvalue weighted by molar-refractivity contribution is 0.102. The van der Waals surface area contributed by atoms with E-state index in [1.165, 1.54) is 18.5 Å². The zero-order valence-corrected chi connectivity index (χ0v) is 15.8. The zero-order chi connectivity index (χ0) is 19.9. The maximum Gasteiger partial charge on any atom is 0.274 e. The van der Waals surface area contributed by atoms with Gasteiger partial charge in [-0.25, -0.2) is 14.4 Å². The molecule has 1 aromatic heterocycles. The van der Waals surface area contributed by atoms with Crippen molar-refractivity contribution in [3.8, 4) is 0 Å². The van der Waals surface area contributed by atoms with Gasteiger partial charge in [0.05, 0.1) is 0 Å². The van der Waals surface area contributed by atoms with Crippen molar-refractivity contribution >= 4 is 23.1 Å². The number of rotatable bonds is 7. The number of hydrogen-bond acceptors (Lipinski definition) is 5. The van der Waals surface area contributed by atoms with Crippen molar-refractivity contribution in [3.05, 3.63) is 78.0 Å². The highest BCUT2D eigenvalue weighted by atomic mass is 19.1. The van der Waals surface area contributed by atoms with Crippen LogP contribution in [0, 0.1) is 5.82 Å². The fourth-order valence-electron chi connectivity index (χ4n) is 2.60. The Kier molecular flexibility index (Phi) is 6.16. The molecule has 144 valence electrons. The molecule has 0 aliphatic rings. The minimum absolute atomic E-state index is 0.250. The number of nitrogens with one attached hydrogen (secondary N) is 2. The summed E-state index contributed by atoms with van der Waals surface area (Å²) in [5, 5.41) is 5.98. The molecule has 0 unspecified atom stereocenters. The topological polar surface area (TPSA) is 70.2 Å². The van der Waals surface area contributed by atoms with Crippen LogP contribution >= 0.6 is 0 Å². The highest BCUT2D eigenvalue weighted by molar-refractivity contribution is 6.03. The lowest BCUT2D eigenvalue weighted by Crippen LogP contribution is -2.15. The first kappa shape index (κ1) is 19.3. The van der Waals surface area contributed by atoms with E-state index in [1.54, 1.807) is 18.2 Å². The Balaban J connectivity index is 1.57. The van der Waals surface area contributed by atoms with Gasteiger partial charge in [0.25, 0.3) is 5.91 Å². The Hall–Kier alpha value is -3.48. The monoisotopic (exact) mass is 379 g/mol. The third kappa shape index (κ3) is 5.26. The molecule has 0 fully saturated rings. The average molecular weight is 379 g/mol. The molecule has 0 radical (unpaired) electrons. The van der Waals surface area contributed by atoms with Gasteiger partial charge in [-0.2, -0.15) is 0 Å². The summed E-state index contributed by atoms with van der Waals surface area (Å²) >= 11 is 0. The van der Waals surface area contributed by atoms with Gasteiger partial charge in [0.1, 0.15) is 23.7 Å². The minimum atomic E-state index is -0.304.